The maximum absolute atomic E-state index is 11.2. The van der Waals surface area contributed by atoms with Crippen LogP contribution in [-0.4, -0.2) is 37.0 Å². The molecule has 76 valence electrons. The van der Waals surface area contributed by atoms with Gasteiger partial charge >= 0.3 is 0 Å². The third kappa shape index (κ3) is 3.77. The second-order valence-corrected chi connectivity index (χ2v) is 3.91. The zero-order chi connectivity index (χ0) is 9.68. The van der Waals surface area contributed by atoms with Gasteiger partial charge in [0.1, 0.15) is 0 Å². The smallest absolute Gasteiger partial charge is 0.234 e. The second-order valence-electron chi connectivity index (χ2n) is 3.91. The molecule has 1 N–H and O–H groups in total. The van der Waals surface area contributed by atoms with Crippen molar-refractivity contribution in [3.8, 4) is 0 Å². The van der Waals surface area contributed by atoms with Crippen molar-refractivity contribution in [3.63, 3.8) is 0 Å². The van der Waals surface area contributed by atoms with E-state index in [1.54, 1.807) is 0 Å². The molecule has 13 heavy (non-hydrogen) atoms. The number of carbonyl (C=O) groups excluding carboxylic acids is 1. The van der Waals surface area contributed by atoms with Crippen LogP contribution in [0, 0.1) is 5.92 Å². The Balaban J connectivity index is 2.18. The molecule has 0 radical (unpaired) electrons. The monoisotopic (exact) mass is 184 g/mol. The van der Waals surface area contributed by atoms with Crippen LogP contribution in [0.4, 0.5) is 0 Å². The van der Waals surface area contributed by atoms with E-state index in [9.17, 15) is 4.79 Å². The molecule has 0 bridgehead atoms. The quantitative estimate of drug-likeness (QED) is 0.705. The third-order valence-electron chi connectivity index (χ3n) is 2.62. The Morgan fingerprint density at radius 2 is 2.08 bits per heavy atom. The van der Waals surface area contributed by atoms with Crippen molar-refractivity contribution in [2.45, 2.75) is 26.7 Å². The van der Waals surface area contributed by atoms with Gasteiger partial charge in [0.25, 0.3) is 0 Å². The van der Waals surface area contributed by atoms with Crippen LogP contribution in [0.25, 0.3) is 0 Å². The van der Waals surface area contributed by atoms with Gasteiger partial charge < -0.3 is 5.32 Å². The lowest BCUT2D eigenvalue weighted by molar-refractivity contribution is -0.122. The van der Waals surface area contributed by atoms with Crippen LogP contribution >= 0.6 is 0 Å². The van der Waals surface area contributed by atoms with Crippen molar-refractivity contribution in [1.29, 1.82) is 0 Å². The number of hydrogen-bond donors (Lipinski definition) is 1. The third-order valence-corrected chi connectivity index (χ3v) is 2.62. The van der Waals surface area contributed by atoms with Gasteiger partial charge in [-0.15, -0.1) is 0 Å². The summed E-state index contributed by atoms with van der Waals surface area (Å²) in [6.07, 6.45) is 2.47. The molecule has 0 spiro atoms. The largest absolute Gasteiger partial charge is 0.355 e. The van der Waals surface area contributed by atoms with Gasteiger partial charge in [0, 0.05) is 6.54 Å². The minimum absolute atomic E-state index is 0.164. The number of nitrogens with zero attached hydrogens (tertiary/aromatic N) is 1. The highest BCUT2D eigenvalue weighted by Crippen LogP contribution is 2.15. The van der Waals surface area contributed by atoms with Gasteiger partial charge in [-0.05, 0) is 38.8 Å². The Kier molecular flexibility index (Phi) is 4.22. The van der Waals surface area contributed by atoms with Gasteiger partial charge in [-0.2, -0.15) is 0 Å². The summed E-state index contributed by atoms with van der Waals surface area (Å²) in [6.45, 7) is 7.72. The lowest BCUT2D eigenvalue weighted by Gasteiger charge is -2.29. The normalized spacial score (nSPS) is 20.2. The Morgan fingerprint density at radius 3 is 2.62 bits per heavy atom. The number of amides is 1. The minimum Gasteiger partial charge on any atom is -0.355 e. The van der Waals surface area contributed by atoms with Crippen molar-refractivity contribution in [2.24, 2.45) is 5.92 Å². The zero-order valence-electron chi connectivity index (χ0n) is 8.68. The maximum Gasteiger partial charge on any atom is 0.234 e. The molecule has 1 aliphatic rings. The number of carbonyl (C=O) groups is 1. The standard InChI is InChI=1S/C10H20N2O/c1-3-11-10(13)8-12-6-4-9(2)5-7-12/h9H,3-8H2,1-2H3,(H,11,13). The molecule has 3 nitrogen and oxygen atoms in total. The van der Waals surface area contributed by atoms with Crippen LogP contribution in [0.1, 0.15) is 26.7 Å². The topological polar surface area (TPSA) is 32.3 Å². The van der Waals surface area contributed by atoms with Crippen LogP contribution in [-0.2, 0) is 4.79 Å². The van der Waals surface area contributed by atoms with Crippen LogP contribution in [0.5, 0.6) is 0 Å². The lowest BCUT2D eigenvalue weighted by Crippen LogP contribution is -2.41. The first-order valence-electron chi connectivity index (χ1n) is 5.21. The lowest BCUT2D eigenvalue weighted by atomic mass is 9.99. The maximum atomic E-state index is 11.2. The Bertz CT molecular complexity index is 162. The molecular weight excluding hydrogens is 164 g/mol. The molecule has 0 unspecified atom stereocenters. The predicted octanol–water partition coefficient (Wildman–Crippen LogP) is 0.854. The van der Waals surface area contributed by atoms with Crippen LogP contribution in [0.2, 0.25) is 0 Å². The molecular formula is C10H20N2O. The highest BCUT2D eigenvalue weighted by Gasteiger charge is 2.17. The Labute approximate surface area is 80.5 Å². The average Bonchev–Trinajstić information content (AvgIpc) is 2.09. The van der Waals surface area contributed by atoms with E-state index in [1.807, 2.05) is 6.92 Å². The summed E-state index contributed by atoms with van der Waals surface area (Å²) in [6, 6.07) is 0. The first-order chi connectivity index (χ1) is 6.22. The van der Waals surface area contributed by atoms with E-state index in [2.05, 4.69) is 17.1 Å². The molecule has 0 aromatic carbocycles. The molecule has 1 aliphatic heterocycles. The van der Waals surface area contributed by atoms with Gasteiger partial charge in [-0.1, -0.05) is 6.92 Å². The van der Waals surface area contributed by atoms with E-state index in [4.69, 9.17) is 0 Å². The summed E-state index contributed by atoms with van der Waals surface area (Å²) in [5.74, 6) is 1.00. The SMILES string of the molecule is CCNC(=O)CN1CCC(C)CC1. The summed E-state index contributed by atoms with van der Waals surface area (Å²) in [4.78, 5) is 13.5. The molecule has 1 rings (SSSR count). The zero-order valence-corrected chi connectivity index (χ0v) is 8.68. The second kappa shape index (κ2) is 5.22. The first-order valence-corrected chi connectivity index (χ1v) is 5.21. The van der Waals surface area contributed by atoms with Crippen molar-refractivity contribution in [1.82, 2.24) is 10.2 Å². The Morgan fingerprint density at radius 1 is 1.46 bits per heavy atom. The minimum atomic E-state index is 0.164. The molecule has 3 heteroatoms. The predicted molar refractivity (Wildman–Crippen MR) is 53.5 cm³/mol. The van der Waals surface area contributed by atoms with E-state index >= 15 is 0 Å². The molecule has 1 fully saturated rings. The van der Waals surface area contributed by atoms with Crippen LogP contribution in [0.15, 0.2) is 0 Å². The number of likely N-dealkylation sites (N-methyl/N-ethyl adjacent to an activating group) is 1. The van der Waals surface area contributed by atoms with E-state index < -0.39 is 0 Å². The molecule has 1 heterocycles. The fraction of sp³-hybridized carbons (Fsp3) is 0.900. The van der Waals surface area contributed by atoms with Crippen molar-refractivity contribution >= 4 is 5.91 Å². The molecule has 0 saturated carbocycles. The van der Waals surface area contributed by atoms with Gasteiger partial charge in [0.2, 0.25) is 5.91 Å². The van der Waals surface area contributed by atoms with Crippen LogP contribution < -0.4 is 5.32 Å². The van der Waals surface area contributed by atoms with E-state index in [1.165, 1.54) is 12.8 Å². The van der Waals surface area contributed by atoms with E-state index in [0.717, 1.165) is 25.6 Å². The summed E-state index contributed by atoms with van der Waals surface area (Å²) in [5.41, 5.74) is 0. The number of hydrogen-bond acceptors (Lipinski definition) is 2. The summed E-state index contributed by atoms with van der Waals surface area (Å²) < 4.78 is 0. The first kappa shape index (κ1) is 10.5. The number of likely N-dealkylation sites (tertiary alicyclic amines) is 1. The van der Waals surface area contributed by atoms with E-state index in [0.29, 0.717) is 6.54 Å². The van der Waals surface area contributed by atoms with Crippen molar-refractivity contribution < 1.29 is 4.79 Å². The highest BCUT2D eigenvalue weighted by molar-refractivity contribution is 5.77. The van der Waals surface area contributed by atoms with Gasteiger partial charge in [0.05, 0.1) is 6.54 Å². The average molecular weight is 184 g/mol. The van der Waals surface area contributed by atoms with Crippen molar-refractivity contribution in [3.05, 3.63) is 0 Å². The number of nitrogens with one attached hydrogen (secondary N) is 1. The van der Waals surface area contributed by atoms with Gasteiger partial charge in [0.15, 0.2) is 0 Å². The molecule has 0 aromatic heterocycles. The molecule has 0 aliphatic carbocycles. The van der Waals surface area contributed by atoms with E-state index in [-0.39, 0.29) is 5.91 Å². The van der Waals surface area contributed by atoms with Gasteiger partial charge in [-0.25, -0.2) is 0 Å². The Hall–Kier alpha value is -0.570. The molecule has 0 atom stereocenters. The molecule has 1 amide bonds. The van der Waals surface area contributed by atoms with Gasteiger partial charge in [-0.3, -0.25) is 9.69 Å². The summed E-state index contributed by atoms with van der Waals surface area (Å²) >= 11 is 0. The summed E-state index contributed by atoms with van der Waals surface area (Å²) in [7, 11) is 0. The fourth-order valence-electron chi connectivity index (χ4n) is 1.68. The molecule has 1 saturated heterocycles. The number of piperidine rings is 1. The van der Waals surface area contributed by atoms with Crippen molar-refractivity contribution in [2.75, 3.05) is 26.2 Å². The molecule has 0 aromatic rings. The summed E-state index contributed by atoms with van der Waals surface area (Å²) in [5, 5.41) is 2.82. The fourth-order valence-corrected chi connectivity index (χ4v) is 1.68. The number of rotatable bonds is 3. The van der Waals surface area contributed by atoms with Crippen LogP contribution in [0.3, 0.4) is 0 Å². The highest BCUT2D eigenvalue weighted by atomic mass is 16.2.